The second kappa shape index (κ2) is 6.86. The number of halogens is 2. The highest BCUT2D eigenvalue weighted by Gasteiger charge is 2.22. The van der Waals surface area contributed by atoms with Crippen LogP contribution in [0.15, 0.2) is 48.8 Å². The van der Waals surface area contributed by atoms with Gasteiger partial charge in [-0.15, -0.1) is 0 Å². The number of hydrogen-bond donors (Lipinski definition) is 1. The van der Waals surface area contributed by atoms with Gasteiger partial charge in [0.15, 0.2) is 0 Å². The van der Waals surface area contributed by atoms with Crippen LogP contribution in [0.4, 0.5) is 0 Å². The summed E-state index contributed by atoms with van der Waals surface area (Å²) < 4.78 is 24.7. The third-order valence-electron chi connectivity index (χ3n) is 4.74. The average Bonchev–Trinajstić information content (AvgIpc) is 3.06. The molecule has 0 fully saturated rings. The maximum atomic E-state index is 11.7. The molecule has 0 saturated heterocycles. The minimum atomic E-state index is -3.21. The van der Waals surface area contributed by atoms with Gasteiger partial charge in [-0.2, -0.15) is 0 Å². The standard InChI is InChI=1S/C19H17Cl2N3O2S/c1-27(25,26)24-8-5-12(6-9-24)18-11-16-14(4-7-22-19(16)23-18)15-3-2-13(20)10-17(15)21/h2-5,7-8,10-12H,6,9H2,1H3,(H,22,23). The number of benzene rings is 1. The summed E-state index contributed by atoms with van der Waals surface area (Å²) in [7, 11) is -3.21. The Bertz CT molecular complexity index is 1150. The number of aromatic amines is 1. The molecule has 0 radical (unpaired) electrons. The van der Waals surface area contributed by atoms with Crippen molar-refractivity contribution in [1.82, 2.24) is 14.3 Å². The molecule has 140 valence electrons. The summed E-state index contributed by atoms with van der Waals surface area (Å²) >= 11 is 12.4. The maximum absolute atomic E-state index is 11.7. The number of hydrogen-bond acceptors (Lipinski definition) is 3. The monoisotopic (exact) mass is 421 g/mol. The number of nitrogens with one attached hydrogen (secondary N) is 1. The normalized spacial score (nSPS) is 17.6. The van der Waals surface area contributed by atoms with Gasteiger partial charge in [-0.25, -0.2) is 13.4 Å². The minimum absolute atomic E-state index is 0.103. The molecule has 5 nitrogen and oxygen atoms in total. The summed E-state index contributed by atoms with van der Waals surface area (Å²) in [6.45, 7) is 0.457. The zero-order valence-corrected chi connectivity index (χ0v) is 16.8. The van der Waals surface area contributed by atoms with Crippen LogP contribution in [-0.4, -0.2) is 35.5 Å². The minimum Gasteiger partial charge on any atom is -0.343 e. The van der Waals surface area contributed by atoms with Gasteiger partial charge in [0, 0.05) is 51.5 Å². The average molecular weight is 422 g/mol. The van der Waals surface area contributed by atoms with Crippen LogP contribution >= 0.6 is 23.2 Å². The molecular formula is C19H17Cl2N3O2S. The first-order valence-electron chi connectivity index (χ1n) is 8.41. The Morgan fingerprint density at radius 1 is 1.19 bits per heavy atom. The van der Waals surface area contributed by atoms with Crippen molar-refractivity contribution in [3.05, 3.63) is 64.5 Å². The maximum Gasteiger partial charge on any atom is 0.231 e. The Hall–Kier alpha value is -2.02. The molecule has 0 spiro atoms. The van der Waals surface area contributed by atoms with Gasteiger partial charge in [-0.05, 0) is 36.2 Å². The van der Waals surface area contributed by atoms with Crippen LogP contribution in [0.25, 0.3) is 22.2 Å². The number of sulfonamides is 1. The fourth-order valence-corrected chi connectivity index (χ4v) is 4.60. The van der Waals surface area contributed by atoms with Gasteiger partial charge in [0.25, 0.3) is 0 Å². The second-order valence-electron chi connectivity index (χ2n) is 6.58. The van der Waals surface area contributed by atoms with Crippen molar-refractivity contribution in [3.63, 3.8) is 0 Å². The lowest BCUT2D eigenvalue weighted by Gasteiger charge is -2.25. The molecule has 8 heteroatoms. The van der Waals surface area contributed by atoms with Gasteiger partial charge in [-0.3, -0.25) is 4.31 Å². The van der Waals surface area contributed by atoms with Crippen molar-refractivity contribution in [2.24, 2.45) is 0 Å². The molecule has 1 aliphatic rings. The molecule has 2 aromatic heterocycles. The summed E-state index contributed by atoms with van der Waals surface area (Å²) in [6.07, 6.45) is 7.20. The molecule has 3 heterocycles. The van der Waals surface area contributed by atoms with Gasteiger partial charge >= 0.3 is 0 Å². The van der Waals surface area contributed by atoms with E-state index >= 15 is 0 Å². The lowest BCUT2D eigenvalue weighted by molar-refractivity contribution is 0.464. The van der Waals surface area contributed by atoms with E-state index in [2.05, 4.69) is 16.0 Å². The van der Waals surface area contributed by atoms with Crippen molar-refractivity contribution in [2.45, 2.75) is 12.3 Å². The van der Waals surface area contributed by atoms with Crippen molar-refractivity contribution in [1.29, 1.82) is 0 Å². The van der Waals surface area contributed by atoms with E-state index < -0.39 is 10.0 Å². The molecule has 1 atom stereocenters. The van der Waals surface area contributed by atoms with Crippen molar-refractivity contribution >= 4 is 44.3 Å². The first kappa shape index (κ1) is 18.3. The third kappa shape index (κ3) is 3.57. The fourth-order valence-electron chi connectivity index (χ4n) is 3.36. The molecule has 1 unspecified atom stereocenters. The zero-order valence-electron chi connectivity index (χ0n) is 14.5. The number of fused-ring (bicyclic) bond motifs is 1. The molecule has 0 aliphatic carbocycles. The first-order valence-corrected chi connectivity index (χ1v) is 11.0. The van der Waals surface area contributed by atoms with E-state index in [1.165, 1.54) is 10.6 Å². The van der Waals surface area contributed by atoms with Crippen molar-refractivity contribution in [3.8, 4) is 11.1 Å². The molecular weight excluding hydrogens is 405 g/mol. The van der Waals surface area contributed by atoms with E-state index in [0.29, 0.717) is 23.0 Å². The number of pyridine rings is 1. The predicted molar refractivity (Wildman–Crippen MR) is 110 cm³/mol. The van der Waals surface area contributed by atoms with Gasteiger partial charge < -0.3 is 4.98 Å². The first-order chi connectivity index (χ1) is 12.8. The number of allylic oxidation sites excluding steroid dienone is 1. The largest absolute Gasteiger partial charge is 0.343 e. The molecule has 27 heavy (non-hydrogen) atoms. The Balaban J connectivity index is 1.74. The quantitative estimate of drug-likeness (QED) is 0.660. The SMILES string of the molecule is CS(=O)(=O)N1C=CC(c2cc3c(-c4ccc(Cl)cc4Cl)ccnc3[nH]2)CC1. The summed E-state index contributed by atoms with van der Waals surface area (Å²) in [6, 6.07) is 9.43. The van der Waals surface area contributed by atoms with E-state index in [1.54, 1.807) is 18.5 Å². The molecule has 0 amide bonds. The molecule has 3 aromatic rings. The summed E-state index contributed by atoms with van der Waals surface area (Å²) in [5.74, 6) is 0.103. The van der Waals surface area contributed by atoms with Crippen molar-refractivity contribution < 1.29 is 8.42 Å². The number of nitrogens with zero attached hydrogens (tertiary/aromatic N) is 2. The molecule has 4 rings (SSSR count). The fraction of sp³-hybridized carbons (Fsp3) is 0.211. The number of aromatic nitrogens is 2. The van der Waals surface area contributed by atoms with E-state index in [4.69, 9.17) is 23.2 Å². The topological polar surface area (TPSA) is 66.1 Å². The van der Waals surface area contributed by atoms with Gasteiger partial charge in [0.1, 0.15) is 5.65 Å². The van der Waals surface area contributed by atoms with Crippen LogP contribution in [0.5, 0.6) is 0 Å². The van der Waals surface area contributed by atoms with Crippen LogP contribution in [0.1, 0.15) is 18.0 Å². The van der Waals surface area contributed by atoms with Gasteiger partial charge in [0.2, 0.25) is 10.0 Å². The number of rotatable bonds is 3. The Morgan fingerprint density at radius 3 is 2.67 bits per heavy atom. The second-order valence-corrected chi connectivity index (χ2v) is 9.36. The van der Waals surface area contributed by atoms with Crippen molar-refractivity contribution in [2.75, 3.05) is 12.8 Å². The van der Waals surface area contributed by atoms with Crippen LogP contribution in [0, 0.1) is 0 Å². The molecule has 1 aromatic carbocycles. The van der Waals surface area contributed by atoms with Crippen LogP contribution < -0.4 is 0 Å². The highest BCUT2D eigenvalue weighted by molar-refractivity contribution is 7.88. The Kier molecular flexibility index (Phi) is 4.66. The predicted octanol–water partition coefficient (Wildman–Crippen LogP) is 4.80. The number of H-pyrrole nitrogens is 1. The molecule has 0 saturated carbocycles. The Morgan fingerprint density at radius 2 is 2.00 bits per heavy atom. The Labute approximate surface area is 167 Å². The van der Waals surface area contributed by atoms with Gasteiger partial charge in [0.05, 0.1) is 6.26 Å². The summed E-state index contributed by atoms with van der Waals surface area (Å²) in [5, 5.41) is 2.14. The highest BCUT2D eigenvalue weighted by Crippen LogP contribution is 2.36. The summed E-state index contributed by atoms with van der Waals surface area (Å²) in [5.41, 5.74) is 3.63. The highest BCUT2D eigenvalue weighted by atomic mass is 35.5. The zero-order chi connectivity index (χ0) is 19.2. The lowest BCUT2D eigenvalue weighted by atomic mass is 9.98. The molecule has 0 bridgehead atoms. The third-order valence-corrected chi connectivity index (χ3v) is 6.45. The molecule has 1 N–H and O–H groups in total. The smallest absolute Gasteiger partial charge is 0.231 e. The van der Waals surface area contributed by atoms with E-state index in [9.17, 15) is 8.42 Å². The van der Waals surface area contributed by atoms with Crippen LogP contribution in [-0.2, 0) is 10.0 Å². The van der Waals surface area contributed by atoms with E-state index in [1.807, 2.05) is 24.3 Å². The lowest BCUT2D eigenvalue weighted by Crippen LogP contribution is -2.29. The van der Waals surface area contributed by atoms with Gasteiger partial charge in [-0.1, -0.05) is 35.3 Å². The van der Waals surface area contributed by atoms with E-state index in [0.717, 1.165) is 27.9 Å². The molecule has 1 aliphatic heterocycles. The summed E-state index contributed by atoms with van der Waals surface area (Å²) in [4.78, 5) is 7.79. The van der Waals surface area contributed by atoms with Crippen LogP contribution in [0.3, 0.4) is 0 Å². The van der Waals surface area contributed by atoms with Crippen LogP contribution in [0.2, 0.25) is 10.0 Å². The van der Waals surface area contributed by atoms with E-state index in [-0.39, 0.29) is 5.92 Å².